The van der Waals surface area contributed by atoms with Crippen molar-refractivity contribution in [1.29, 1.82) is 0 Å². The van der Waals surface area contributed by atoms with Crippen LogP contribution in [0.1, 0.15) is 29.8 Å². The van der Waals surface area contributed by atoms with Crippen molar-refractivity contribution in [1.82, 2.24) is 4.90 Å². The smallest absolute Gasteiger partial charge is 0.199 e. The molecule has 1 N–H and O–H groups in total. The fourth-order valence-corrected chi connectivity index (χ4v) is 3.27. The van der Waals surface area contributed by atoms with Gasteiger partial charge < -0.3 is 14.4 Å². The zero-order valence-corrected chi connectivity index (χ0v) is 14.3. The van der Waals surface area contributed by atoms with Gasteiger partial charge in [0, 0.05) is 36.7 Å². The van der Waals surface area contributed by atoms with Crippen LogP contribution in [0.25, 0.3) is 11.3 Å². The summed E-state index contributed by atoms with van der Waals surface area (Å²) >= 11 is 5.89. The Balaban J connectivity index is 1.57. The van der Waals surface area contributed by atoms with Gasteiger partial charge in [-0.2, -0.15) is 0 Å². The van der Waals surface area contributed by atoms with Gasteiger partial charge in [-0.3, -0.25) is 4.79 Å². The fraction of sp³-hybridized carbons (Fsp3) is 0.421. The summed E-state index contributed by atoms with van der Waals surface area (Å²) in [6.07, 6.45) is 2.59. The molecule has 0 aliphatic carbocycles. The highest BCUT2D eigenvalue weighted by Gasteiger charge is 2.20. The molecule has 24 heavy (non-hydrogen) atoms. The van der Waals surface area contributed by atoms with Crippen LogP contribution in [0, 0.1) is 5.92 Å². The number of hydrogen-bond acceptors (Lipinski definition) is 4. The topological polar surface area (TPSA) is 53.7 Å². The van der Waals surface area contributed by atoms with Crippen molar-refractivity contribution in [2.45, 2.75) is 19.3 Å². The molecule has 0 spiro atoms. The quantitative estimate of drug-likeness (QED) is 0.806. The maximum Gasteiger partial charge on any atom is 0.199 e. The molecule has 0 amide bonds. The highest BCUT2D eigenvalue weighted by Crippen LogP contribution is 2.24. The van der Waals surface area contributed by atoms with Crippen LogP contribution >= 0.6 is 11.6 Å². The molecule has 1 aliphatic rings. The van der Waals surface area contributed by atoms with Gasteiger partial charge in [0.1, 0.15) is 5.76 Å². The molecular formula is C19H22ClNO3. The number of hydrogen-bond donors (Lipinski definition) is 1. The summed E-state index contributed by atoms with van der Waals surface area (Å²) in [5, 5.41) is 9.95. The largest absolute Gasteiger partial charge is 0.453 e. The van der Waals surface area contributed by atoms with Crippen molar-refractivity contribution in [3.63, 3.8) is 0 Å². The van der Waals surface area contributed by atoms with Gasteiger partial charge in [-0.15, -0.1) is 0 Å². The van der Waals surface area contributed by atoms with E-state index in [0.717, 1.165) is 31.5 Å². The lowest BCUT2D eigenvalue weighted by atomic mass is 9.99. The molecule has 1 aromatic heterocycles. The van der Waals surface area contributed by atoms with Gasteiger partial charge in [-0.05, 0) is 61.7 Å². The normalized spacial score (nSPS) is 18.7. The highest BCUT2D eigenvalue weighted by atomic mass is 35.5. The molecule has 3 rings (SSSR count). The van der Waals surface area contributed by atoms with E-state index in [1.54, 1.807) is 18.2 Å². The van der Waals surface area contributed by atoms with Crippen LogP contribution in [0.4, 0.5) is 0 Å². The lowest BCUT2D eigenvalue weighted by Gasteiger charge is -2.31. The van der Waals surface area contributed by atoms with E-state index in [2.05, 4.69) is 4.90 Å². The molecule has 1 aliphatic heterocycles. The Morgan fingerprint density at radius 3 is 2.79 bits per heavy atom. The lowest BCUT2D eigenvalue weighted by Crippen LogP contribution is -2.37. The Bertz CT molecular complexity index is 680. The summed E-state index contributed by atoms with van der Waals surface area (Å²) in [4.78, 5) is 14.6. The summed E-state index contributed by atoms with van der Waals surface area (Å²) < 4.78 is 5.70. The Hall–Kier alpha value is -1.62. The third kappa shape index (κ3) is 4.26. The Morgan fingerprint density at radius 1 is 1.25 bits per heavy atom. The zero-order chi connectivity index (χ0) is 16.9. The number of likely N-dealkylation sites (tertiary alicyclic amines) is 1. The number of benzene rings is 1. The van der Waals surface area contributed by atoms with Crippen molar-refractivity contribution < 1.29 is 14.3 Å². The second-order valence-corrected chi connectivity index (χ2v) is 6.77. The van der Waals surface area contributed by atoms with E-state index in [0.29, 0.717) is 35.4 Å². The van der Waals surface area contributed by atoms with Gasteiger partial charge in [0.2, 0.25) is 0 Å². The molecule has 128 valence electrons. The van der Waals surface area contributed by atoms with Crippen LogP contribution in [0.3, 0.4) is 0 Å². The van der Waals surface area contributed by atoms with Gasteiger partial charge in [0.15, 0.2) is 11.5 Å². The molecule has 1 saturated heterocycles. The lowest BCUT2D eigenvalue weighted by molar-refractivity contribution is 0.0893. The monoisotopic (exact) mass is 347 g/mol. The first-order valence-electron chi connectivity index (χ1n) is 8.38. The first-order valence-corrected chi connectivity index (χ1v) is 8.75. The Morgan fingerprint density at radius 2 is 2.04 bits per heavy atom. The van der Waals surface area contributed by atoms with Gasteiger partial charge in [-0.1, -0.05) is 11.6 Å². The molecule has 1 aromatic carbocycles. The molecular weight excluding hydrogens is 326 g/mol. The molecule has 1 unspecified atom stereocenters. The number of halogens is 1. The first-order chi connectivity index (χ1) is 11.7. The molecule has 1 fully saturated rings. The number of ketones is 1. The summed E-state index contributed by atoms with van der Waals surface area (Å²) in [5.41, 5.74) is 0.903. The predicted octanol–water partition coefficient (Wildman–Crippen LogP) is 3.88. The minimum absolute atomic E-state index is 0.0151. The maximum absolute atomic E-state index is 12.3. The van der Waals surface area contributed by atoms with Crippen LogP contribution in [0.5, 0.6) is 0 Å². The van der Waals surface area contributed by atoms with Gasteiger partial charge in [0.25, 0.3) is 0 Å². The van der Waals surface area contributed by atoms with Gasteiger partial charge >= 0.3 is 0 Å². The minimum atomic E-state index is 0.0151. The SMILES string of the molecule is O=C(CCN1CCCC(CO)C1)c1ccc(-c2ccc(Cl)cc2)o1. The number of furan rings is 1. The molecule has 0 bridgehead atoms. The molecule has 4 nitrogen and oxygen atoms in total. The van der Waals surface area contributed by atoms with Crippen molar-refractivity contribution in [3.8, 4) is 11.3 Å². The predicted molar refractivity (Wildman–Crippen MR) is 94.4 cm³/mol. The van der Waals surface area contributed by atoms with E-state index in [4.69, 9.17) is 16.0 Å². The fourth-order valence-electron chi connectivity index (χ4n) is 3.14. The van der Waals surface area contributed by atoms with Crippen LogP contribution in [-0.2, 0) is 0 Å². The summed E-state index contributed by atoms with van der Waals surface area (Å²) in [6.45, 7) is 2.81. The second-order valence-electron chi connectivity index (χ2n) is 6.34. The van der Waals surface area contributed by atoms with Gasteiger partial charge in [0.05, 0.1) is 0 Å². The number of carbonyl (C=O) groups excluding carboxylic acids is 1. The van der Waals surface area contributed by atoms with E-state index in [9.17, 15) is 9.90 Å². The van der Waals surface area contributed by atoms with E-state index < -0.39 is 0 Å². The van der Waals surface area contributed by atoms with Crippen LogP contribution < -0.4 is 0 Å². The molecule has 0 saturated carbocycles. The van der Waals surface area contributed by atoms with Crippen molar-refractivity contribution in [2.24, 2.45) is 5.92 Å². The highest BCUT2D eigenvalue weighted by molar-refractivity contribution is 6.30. The zero-order valence-electron chi connectivity index (χ0n) is 13.6. The van der Waals surface area contributed by atoms with E-state index in [1.807, 2.05) is 18.2 Å². The van der Waals surface area contributed by atoms with Crippen LogP contribution in [0.15, 0.2) is 40.8 Å². The Kier molecular flexibility index (Phi) is 5.72. The van der Waals surface area contributed by atoms with Crippen LogP contribution in [0.2, 0.25) is 5.02 Å². The third-order valence-corrected chi connectivity index (χ3v) is 4.78. The summed E-state index contributed by atoms with van der Waals surface area (Å²) in [7, 11) is 0. The molecule has 2 aromatic rings. The minimum Gasteiger partial charge on any atom is -0.453 e. The second kappa shape index (κ2) is 7.97. The number of piperidine rings is 1. The number of aliphatic hydroxyl groups excluding tert-OH is 1. The van der Waals surface area contributed by atoms with Crippen LogP contribution in [-0.4, -0.2) is 42.0 Å². The molecule has 5 heteroatoms. The van der Waals surface area contributed by atoms with E-state index >= 15 is 0 Å². The standard InChI is InChI=1S/C19H22ClNO3/c20-16-5-3-15(4-6-16)18-7-8-19(24-18)17(23)9-11-21-10-1-2-14(12-21)13-22/h3-8,14,22H,1-2,9-13H2. The number of aliphatic hydroxyl groups is 1. The first kappa shape index (κ1) is 17.2. The third-order valence-electron chi connectivity index (χ3n) is 4.53. The van der Waals surface area contributed by atoms with E-state index in [1.165, 1.54) is 0 Å². The number of Topliss-reactive ketones (excluding diaryl/α,β-unsaturated/α-hetero) is 1. The van der Waals surface area contributed by atoms with Gasteiger partial charge in [-0.25, -0.2) is 0 Å². The molecule has 0 radical (unpaired) electrons. The molecule has 1 atom stereocenters. The Labute approximate surface area is 147 Å². The summed E-state index contributed by atoms with van der Waals surface area (Å²) in [5.74, 6) is 1.43. The number of carbonyl (C=O) groups is 1. The van der Waals surface area contributed by atoms with E-state index in [-0.39, 0.29) is 12.4 Å². The van der Waals surface area contributed by atoms with Crippen molar-refractivity contribution in [2.75, 3.05) is 26.2 Å². The maximum atomic E-state index is 12.3. The average molecular weight is 348 g/mol. The molecule has 2 heterocycles. The van der Waals surface area contributed by atoms with Crippen molar-refractivity contribution >= 4 is 17.4 Å². The van der Waals surface area contributed by atoms with Crippen molar-refractivity contribution in [3.05, 3.63) is 47.2 Å². The average Bonchev–Trinajstić information content (AvgIpc) is 3.10. The number of nitrogens with zero attached hydrogens (tertiary/aromatic N) is 1. The number of rotatable bonds is 6. The summed E-state index contributed by atoms with van der Waals surface area (Å²) in [6, 6.07) is 10.9.